The Morgan fingerprint density at radius 2 is 1.89 bits per heavy atom. The summed E-state index contributed by atoms with van der Waals surface area (Å²) in [6.45, 7) is 0.412. The molecule has 0 aliphatic heterocycles. The standard InChI is InChI=1S/C4H10FNO2S/c5-9(7,8)4-2-1-3-6/h1-4,6H2. The van der Waals surface area contributed by atoms with Gasteiger partial charge >= 0.3 is 10.2 Å². The Bertz CT molecular complexity index is 154. The topological polar surface area (TPSA) is 60.2 Å². The SMILES string of the molecule is NCCCCS(=O)(=O)F. The second-order valence-electron chi connectivity index (χ2n) is 1.74. The summed E-state index contributed by atoms with van der Waals surface area (Å²) in [5.41, 5.74) is 5.04. The maximum absolute atomic E-state index is 11.6. The first-order chi connectivity index (χ1) is 4.06. The first-order valence-corrected chi connectivity index (χ1v) is 4.24. The van der Waals surface area contributed by atoms with Gasteiger partial charge in [-0.25, -0.2) is 0 Å². The summed E-state index contributed by atoms with van der Waals surface area (Å²) < 4.78 is 31.2. The fourth-order valence-electron chi connectivity index (χ4n) is 0.419. The van der Waals surface area contributed by atoms with Gasteiger partial charge in [-0.1, -0.05) is 0 Å². The normalized spacial score (nSPS) is 11.8. The van der Waals surface area contributed by atoms with Crippen LogP contribution in [0.15, 0.2) is 0 Å². The molecule has 9 heavy (non-hydrogen) atoms. The van der Waals surface area contributed by atoms with Gasteiger partial charge in [0.05, 0.1) is 5.75 Å². The van der Waals surface area contributed by atoms with Gasteiger partial charge in [-0.3, -0.25) is 0 Å². The molecule has 0 saturated carbocycles. The van der Waals surface area contributed by atoms with E-state index in [0.29, 0.717) is 19.4 Å². The molecular formula is C4H10FNO2S. The fraction of sp³-hybridized carbons (Fsp3) is 1.00. The highest BCUT2D eigenvalue weighted by atomic mass is 32.3. The predicted molar refractivity (Wildman–Crippen MR) is 33.2 cm³/mol. The van der Waals surface area contributed by atoms with Crippen LogP contribution in [-0.4, -0.2) is 20.7 Å². The zero-order valence-corrected chi connectivity index (χ0v) is 5.82. The molecule has 0 heterocycles. The lowest BCUT2D eigenvalue weighted by Crippen LogP contribution is -2.03. The van der Waals surface area contributed by atoms with Crippen molar-refractivity contribution in [3.05, 3.63) is 0 Å². The number of hydrogen-bond acceptors (Lipinski definition) is 3. The van der Waals surface area contributed by atoms with E-state index in [1.807, 2.05) is 0 Å². The van der Waals surface area contributed by atoms with Crippen molar-refractivity contribution in [2.75, 3.05) is 12.3 Å². The average molecular weight is 155 g/mol. The molecule has 2 N–H and O–H groups in total. The minimum Gasteiger partial charge on any atom is -0.330 e. The van der Waals surface area contributed by atoms with Gasteiger partial charge in [0, 0.05) is 0 Å². The molecule has 0 aliphatic carbocycles. The molecule has 56 valence electrons. The maximum atomic E-state index is 11.6. The van der Waals surface area contributed by atoms with E-state index in [1.165, 1.54) is 0 Å². The fourth-order valence-corrected chi connectivity index (χ4v) is 0.968. The number of rotatable bonds is 4. The van der Waals surface area contributed by atoms with Crippen molar-refractivity contribution in [2.24, 2.45) is 5.73 Å². The highest BCUT2D eigenvalue weighted by molar-refractivity contribution is 7.86. The summed E-state index contributed by atoms with van der Waals surface area (Å²) in [6, 6.07) is 0. The number of nitrogens with two attached hydrogens (primary N) is 1. The summed E-state index contributed by atoms with van der Waals surface area (Å²) in [6.07, 6.45) is 0.873. The zero-order chi connectivity index (χ0) is 7.33. The Labute approximate surface area is 54.3 Å². The van der Waals surface area contributed by atoms with Crippen molar-refractivity contribution in [1.29, 1.82) is 0 Å². The molecule has 0 fully saturated rings. The first-order valence-electron chi connectivity index (χ1n) is 2.68. The molecule has 3 nitrogen and oxygen atoms in total. The minimum atomic E-state index is -4.25. The quantitative estimate of drug-likeness (QED) is 0.460. The summed E-state index contributed by atoms with van der Waals surface area (Å²) >= 11 is 0. The van der Waals surface area contributed by atoms with Crippen molar-refractivity contribution in [2.45, 2.75) is 12.8 Å². The van der Waals surface area contributed by atoms with Crippen LogP contribution < -0.4 is 5.73 Å². The van der Waals surface area contributed by atoms with Crippen LogP contribution in [0.1, 0.15) is 12.8 Å². The Hall–Kier alpha value is -0.160. The highest BCUT2D eigenvalue weighted by Crippen LogP contribution is 1.95. The van der Waals surface area contributed by atoms with Crippen LogP contribution in [0, 0.1) is 0 Å². The molecule has 0 bridgehead atoms. The Morgan fingerprint density at radius 3 is 2.22 bits per heavy atom. The number of hydrogen-bond donors (Lipinski definition) is 1. The van der Waals surface area contributed by atoms with Crippen molar-refractivity contribution in [1.82, 2.24) is 0 Å². The molecule has 0 saturated heterocycles. The molecule has 0 rings (SSSR count). The van der Waals surface area contributed by atoms with Gasteiger partial charge in [0.25, 0.3) is 0 Å². The third-order valence-corrected chi connectivity index (χ3v) is 1.62. The van der Waals surface area contributed by atoms with Crippen LogP contribution in [0.25, 0.3) is 0 Å². The van der Waals surface area contributed by atoms with Crippen LogP contribution in [0.3, 0.4) is 0 Å². The van der Waals surface area contributed by atoms with Gasteiger partial charge in [0.2, 0.25) is 0 Å². The van der Waals surface area contributed by atoms with Crippen molar-refractivity contribution < 1.29 is 12.3 Å². The smallest absolute Gasteiger partial charge is 0.302 e. The van der Waals surface area contributed by atoms with Crippen molar-refractivity contribution >= 4 is 10.2 Å². The molecule has 0 aromatic heterocycles. The third kappa shape index (κ3) is 7.84. The highest BCUT2D eigenvalue weighted by Gasteiger charge is 2.04. The van der Waals surface area contributed by atoms with Crippen LogP contribution >= 0.6 is 0 Å². The lowest BCUT2D eigenvalue weighted by Gasteiger charge is -1.91. The molecule has 0 aromatic carbocycles. The second kappa shape index (κ2) is 3.79. The monoisotopic (exact) mass is 155 g/mol. The van der Waals surface area contributed by atoms with Gasteiger partial charge in [0.1, 0.15) is 0 Å². The van der Waals surface area contributed by atoms with E-state index in [-0.39, 0.29) is 0 Å². The molecule has 0 aromatic rings. The maximum Gasteiger partial charge on any atom is 0.302 e. The van der Waals surface area contributed by atoms with E-state index in [4.69, 9.17) is 5.73 Å². The summed E-state index contributed by atoms with van der Waals surface area (Å²) in [5.74, 6) is -0.399. The van der Waals surface area contributed by atoms with Crippen LogP contribution in [0.5, 0.6) is 0 Å². The minimum absolute atomic E-state index is 0.315. The van der Waals surface area contributed by atoms with Crippen molar-refractivity contribution in [3.8, 4) is 0 Å². The molecule has 0 spiro atoms. The van der Waals surface area contributed by atoms with Crippen LogP contribution in [0.4, 0.5) is 3.89 Å². The van der Waals surface area contributed by atoms with E-state index in [0.717, 1.165) is 0 Å². The van der Waals surface area contributed by atoms with Gasteiger partial charge in [-0.2, -0.15) is 8.42 Å². The lowest BCUT2D eigenvalue weighted by atomic mass is 10.3. The van der Waals surface area contributed by atoms with E-state index < -0.39 is 16.0 Å². The van der Waals surface area contributed by atoms with Gasteiger partial charge in [0.15, 0.2) is 0 Å². The largest absolute Gasteiger partial charge is 0.330 e. The zero-order valence-electron chi connectivity index (χ0n) is 5.01. The van der Waals surface area contributed by atoms with Crippen LogP contribution in [0.2, 0.25) is 0 Å². The Balaban J connectivity index is 3.30. The van der Waals surface area contributed by atoms with E-state index in [2.05, 4.69) is 0 Å². The van der Waals surface area contributed by atoms with Crippen LogP contribution in [-0.2, 0) is 10.2 Å². The predicted octanol–water partition coefficient (Wildman–Crippen LogP) is 0.0246. The summed E-state index contributed by atoms with van der Waals surface area (Å²) in [7, 11) is -4.25. The van der Waals surface area contributed by atoms with Gasteiger partial charge < -0.3 is 5.73 Å². The average Bonchev–Trinajstić information content (AvgIpc) is 1.63. The van der Waals surface area contributed by atoms with E-state index in [9.17, 15) is 12.3 Å². The van der Waals surface area contributed by atoms with Gasteiger partial charge in [-0.05, 0) is 19.4 Å². The van der Waals surface area contributed by atoms with Gasteiger partial charge in [-0.15, -0.1) is 3.89 Å². The van der Waals surface area contributed by atoms with E-state index in [1.54, 1.807) is 0 Å². The molecule has 0 atom stereocenters. The summed E-state index contributed by atoms with van der Waals surface area (Å²) in [5, 5.41) is 0. The molecule has 5 heteroatoms. The third-order valence-electron chi connectivity index (χ3n) is 0.842. The molecular weight excluding hydrogens is 145 g/mol. The van der Waals surface area contributed by atoms with E-state index >= 15 is 0 Å². The number of halogens is 1. The molecule has 0 aliphatic rings. The van der Waals surface area contributed by atoms with Crippen molar-refractivity contribution in [3.63, 3.8) is 0 Å². The second-order valence-corrected chi connectivity index (χ2v) is 3.22. The Morgan fingerprint density at radius 1 is 1.33 bits per heavy atom. The number of unbranched alkanes of at least 4 members (excludes halogenated alkanes) is 1. The lowest BCUT2D eigenvalue weighted by molar-refractivity contribution is 0.548. The first kappa shape index (κ1) is 8.84. The Kier molecular flexibility index (Phi) is 3.72. The summed E-state index contributed by atoms with van der Waals surface area (Å²) in [4.78, 5) is 0. The molecule has 0 unspecified atom stereocenters. The molecule has 0 amide bonds. The molecule has 0 radical (unpaired) electrons.